The molecule has 0 saturated carbocycles. The molecule has 0 radical (unpaired) electrons. The molecule has 0 saturated heterocycles. The summed E-state index contributed by atoms with van der Waals surface area (Å²) >= 11 is 11.9. The quantitative estimate of drug-likeness (QED) is 0.921. The van der Waals surface area contributed by atoms with Crippen LogP contribution in [0.2, 0.25) is 10.0 Å². The lowest BCUT2D eigenvalue weighted by Gasteiger charge is -2.08. The number of anilines is 1. The fourth-order valence-electron chi connectivity index (χ4n) is 1.42. The van der Waals surface area contributed by atoms with Gasteiger partial charge in [-0.2, -0.15) is 5.26 Å². The number of halogens is 2. The van der Waals surface area contributed by atoms with Crippen molar-refractivity contribution in [2.45, 2.75) is 0 Å². The summed E-state index contributed by atoms with van der Waals surface area (Å²) in [5, 5.41) is 11.9. The molecule has 0 atom stereocenters. The number of pyridine rings is 1. The second-order valence-electron chi connectivity index (χ2n) is 3.62. The number of nitrogens with zero attached hydrogens (tertiary/aromatic N) is 2. The lowest BCUT2D eigenvalue weighted by Crippen LogP contribution is -2.13. The van der Waals surface area contributed by atoms with Crippen molar-refractivity contribution in [3.05, 3.63) is 57.8 Å². The van der Waals surface area contributed by atoms with Crippen LogP contribution >= 0.6 is 23.2 Å². The highest BCUT2D eigenvalue weighted by molar-refractivity contribution is 6.35. The summed E-state index contributed by atoms with van der Waals surface area (Å²) in [4.78, 5) is 15.8. The van der Waals surface area contributed by atoms with E-state index in [4.69, 9.17) is 28.5 Å². The van der Waals surface area contributed by atoms with Gasteiger partial charge in [0.25, 0.3) is 5.91 Å². The number of hydrogen-bond acceptors (Lipinski definition) is 3. The molecular weight excluding hydrogens is 285 g/mol. The van der Waals surface area contributed by atoms with Gasteiger partial charge in [-0.3, -0.25) is 9.78 Å². The zero-order valence-electron chi connectivity index (χ0n) is 9.52. The molecule has 2 aromatic rings. The van der Waals surface area contributed by atoms with Crippen LogP contribution in [0.1, 0.15) is 15.9 Å². The molecule has 0 spiro atoms. The van der Waals surface area contributed by atoms with Crippen LogP contribution in [0.3, 0.4) is 0 Å². The Morgan fingerprint density at radius 1 is 1.26 bits per heavy atom. The third kappa shape index (κ3) is 3.02. The molecule has 1 aromatic carbocycles. The zero-order chi connectivity index (χ0) is 13.8. The maximum atomic E-state index is 12.0. The third-order valence-electron chi connectivity index (χ3n) is 2.36. The molecule has 4 nitrogen and oxygen atoms in total. The molecule has 2 rings (SSSR count). The molecule has 19 heavy (non-hydrogen) atoms. The van der Waals surface area contributed by atoms with E-state index in [2.05, 4.69) is 10.3 Å². The van der Waals surface area contributed by atoms with E-state index >= 15 is 0 Å². The first-order valence-electron chi connectivity index (χ1n) is 5.22. The van der Waals surface area contributed by atoms with Crippen LogP contribution in [0.5, 0.6) is 0 Å². The van der Waals surface area contributed by atoms with E-state index in [1.807, 2.05) is 6.07 Å². The van der Waals surface area contributed by atoms with Crippen LogP contribution in [0.25, 0.3) is 0 Å². The van der Waals surface area contributed by atoms with Gasteiger partial charge in [0.2, 0.25) is 0 Å². The van der Waals surface area contributed by atoms with Gasteiger partial charge in [-0.05, 0) is 24.3 Å². The summed E-state index contributed by atoms with van der Waals surface area (Å²) in [7, 11) is 0. The Hall–Kier alpha value is -2.09. The van der Waals surface area contributed by atoms with Gasteiger partial charge in [0.15, 0.2) is 0 Å². The molecule has 94 valence electrons. The minimum atomic E-state index is -0.412. The maximum Gasteiger partial charge on any atom is 0.258 e. The average molecular weight is 292 g/mol. The zero-order valence-corrected chi connectivity index (χ0v) is 11.0. The van der Waals surface area contributed by atoms with E-state index in [9.17, 15) is 4.79 Å². The molecule has 0 aliphatic rings. The molecule has 1 N–H and O–H groups in total. The Kier molecular flexibility index (Phi) is 4.00. The Morgan fingerprint density at radius 2 is 2.05 bits per heavy atom. The summed E-state index contributed by atoms with van der Waals surface area (Å²) in [6.45, 7) is 0. The third-order valence-corrected chi connectivity index (χ3v) is 3.00. The van der Waals surface area contributed by atoms with Gasteiger partial charge in [-0.25, -0.2) is 0 Å². The molecule has 0 bridgehead atoms. The number of nitrogens with one attached hydrogen (secondary N) is 1. The first-order valence-corrected chi connectivity index (χ1v) is 5.98. The van der Waals surface area contributed by atoms with Gasteiger partial charge in [0, 0.05) is 12.4 Å². The maximum absolute atomic E-state index is 12.0. The van der Waals surface area contributed by atoms with Gasteiger partial charge < -0.3 is 5.32 Å². The number of nitriles is 1. The van der Waals surface area contributed by atoms with Gasteiger partial charge in [-0.1, -0.05) is 23.2 Å². The van der Waals surface area contributed by atoms with Crippen molar-refractivity contribution >= 4 is 34.8 Å². The number of carbonyl (C=O) groups excluding carboxylic acids is 1. The number of rotatable bonds is 2. The molecular formula is C13H7Cl2N3O. The Labute approximate surface area is 119 Å². The van der Waals surface area contributed by atoms with Crippen molar-refractivity contribution < 1.29 is 4.79 Å². The van der Waals surface area contributed by atoms with Crippen LogP contribution in [0, 0.1) is 11.3 Å². The fraction of sp³-hybridized carbons (Fsp3) is 0. The lowest BCUT2D eigenvalue weighted by atomic mass is 10.2. The first kappa shape index (κ1) is 13.3. The smallest absolute Gasteiger partial charge is 0.258 e. The van der Waals surface area contributed by atoms with Crippen molar-refractivity contribution in [1.29, 1.82) is 5.26 Å². The Balaban J connectivity index is 2.25. The highest BCUT2D eigenvalue weighted by atomic mass is 35.5. The van der Waals surface area contributed by atoms with Gasteiger partial charge >= 0.3 is 0 Å². The second-order valence-corrected chi connectivity index (χ2v) is 4.43. The summed E-state index contributed by atoms with van der Waals surface area (Å²) in [5.74, 6) is -0.412. The van der Waals surface area contributed by atoms with Crippen molar-refractivity contribution in [3.63, 3.8) is 0 Å². The van der Waals surface area contributed by atoms with E-state index in [1.54, 1.807) is 12.1 Å². The number of amides is 1. The van der Waals surface area contributed by atoms with Crippen molar-refractivity contribution in [3.8, 4) is 6.07 Å². The standard InChI is InChI=1S/C13H7Cl2N3O/c14-10-3-4-17-7-9(10)13(19)18-12-2-1-8(6-16)5-11(12)15/h1-5,7H,(H,18,19). The topological polar surface area (TPSA) is 65.8 Å². The lowest BCUT2D eigenvalue weighted by molar-refractivity contribution is 0.102. The van der Waals surface area contributed by atoms with Crippen LogP contribution in [-0.2, 0) is 0 Å². The largest absolute Gasteiger partial charge is 0.321 e. The van der Waals surface area contributed by atoms with E-state index in [0.717, 1.165) is 0 Å². The van der Waals surface area contributed by atoms with Gasteiger partial charge in [-0.15, -0.1) is 0 Å². The van der Waals surface area contributed by atoms with Crippen molar-refractivity contribution in [2.75, 3.05) is 5.32 Å². The van der Waals surface area contributed by atoms with Crippen LogP contribution in [-0.4, -0.2) is 10.9 Å². The monoisotopic (exact) mass is 291 g/mol. The summed E-state index contributed by atoms with van der Waals surface area (Å²) in [5.41, 5.74) is 1.08. The molecule has 6 heteroatoms. The molecule has 0 fully saturated rings. The summed E-state index contributed by atoms with van der Waals surface area (Å²) in [6.07, 6.45) is 2.86. The normalized spacial score (nSPS) is 9.74. The minimum absolute atomic E-state index is 0.254. The van der Waals surface area contributed by atoms with Crippen molar-refractivity contribution in [2.24, 2.45) is 0 Å². The SMILES string of the molecule is N#Cc1ccc(NC(=O)c2cnccc2Cl)c(Cl)c1. The molecule has 1 heterocycles. The molecule has 0 unspecified atom stereocenters. The number of benzene rings is 1. The molecule has 0 aliphatic carbocycles. The van der Waals surface area contributed by atoms with Crippen molar-refractivity contribution in [1.82, 2.24) is 4.98 Å². The minimum Gasteiger partial charge on any atom is -0.321 e. The number of carbonyl (C=O) groups is 1. The summed E-state index contributed by atoms with van der Waals surface area (Å²) in [6, 6.07) is 8.08. The number of aromatic nitrogens is 1. The van der Waals surface area contributed by atoms with Crippen LogP contribution in [0.4, 0.5) is 5.69 Å². The predicted octanol–water partition coefficient (Wildman–Crippen LogP) is 3.51. The van der Waals surface area contributed by atoms with E-state index in [0.29, 0.717) is 16.3 Å². The van der Waals surface area contributed by atoms with E-state index in [-0.39, 0.29) is 10.6 Å². The molecule has 0 aliphatic heterocycles. The molecule has 1 aromatic heterocycles. The Morgan fingerprint density at radius 3 is 2.68 bits per heavy atom. The highest BCUT2D eigenvalue weighted by Crippen LogP contribution is 2.24. The summed E-state index contributed by atoms with van der Waals surface area (Å²) < 4.78 is 0. The molecule has 1 amide bonds. The van der Waals surface area contributed by atoms with Crippen LogP contribution < -0.4 is 5.32 Å². The predicted molar refractivity (Wildman–Crippen MR) is 73.4 cm³/mol. The first-order chi connectivity index (χ1) is 9.11. The average Bonchev–Trinajstić information content (AvgIpc) is 2.41. The second kappa shape index (κ2) is 5.70. The fourth-order valence-corrected chi connectivity index (χ4v) is 1.84. The van der Waals surface area contributed by atoms with E-state index < -0.39 is 5.91 Å². The number of hydrogen-bond donors (Lipinski definition) is 1. The van der Waals surface area contributed by atoms with E-state index in [1.165, 1.54) is 24.5 Å². The van der Waals surface area contributed by atoms with Gasteiger partial charge in [0.1, 0.15) is 0 Å². The Bertz CT molecular complexity index is 680. The van der Waals surface area contributed by atoms with Gasteiger partial charge in [0.05, 0.1) is 32.9 Å². The van der Waals surface area contributed by atoms with Crippen LogP contribution in [0.15, 0.2) is 36.7 Å². The highest BCUT2D eigenvalue weighted by Gasteiger charge is 2.12.